The summed E-state index contributed by atoms with van der Waals surface area (Å²) in [6.07, 6.45) is 0. The van der Waals surface area contributed by atoms with E-state index in [4.69, 9.17) is 10.00 Å². The number of hydrogen-bond donors (Lipinski definition) is 1. The van der Waals surface area contributed by atoms with Crippen molar-refractivity contribution < 1.29 is 9.53 Å². The SMILES string of the molecule is Cc1cscc1CNC(=O)COc1ccccc1C#N. The van der Waals surface area contributed by atoms with Crippen LogP contribution in [0.5, 0.6) is 5.75 Å². The fraction of sp³-hybridized carbons (Fsp3) is 0.200. The molecular weight excluding hydrogens is 272 g/mol. The highest BCUT2D eigenvalue weighted by Gasteiger charge is 2.07. The van der Waals surface area contributed by atoms with E-state index < -0.39 is 0 Å². The van der Waals surface area contributed by atoms with E-state index in [2.05, 4.69) is 5.32 Å². The van der Waals surface area contributed by atoms with E-state index in [1.807, 2.05) is 23.8 Å². The van der Waals surface area contributed by atoms with Crippen LogP contribution in [-0.4, -0.2) is 12.5 Å². The van der Waals surface area contributed by atoms with Crippen molar-refractivity contribution in [3.63, 3.8) is 0 Å². The van der Waals surface area contributed by atoms with E-state index in [-0.39, 0.29) is 12.5 Å². The average molecular weight is 286 g/mol. The standard InChI is InChI=1S/C15H14N2O2S/c1-11-9-20-10-13(11)7-17-15(18)8-19-14-5-3-2-4-12(14)6-16/h2-5,9-10H,7-8H2,1H3,(H,17,18). The van der Waals surface area contributed by atoms with Crippen LogP contribution >= 0.6 is 11.3 Å². The van der Waals surface area contributed by atoms with Crippen molar-refractivity contribution in [3.05, 3.63) is 51.7 Å². The Hall–Kier alpha value is -2.32. The van der Waals surface area contributed by atoms with Crippen LogP contribution in [-0.2, 0) is 11.3 Å². The summed E-state index contributed by atoms with van der Waals surface area (Å²) >= 11 is 1.61. The van der Waals surface area contributed by atoms with Crippen molar-refractivity contribution in [2.24, 2.45) is 0 Å². The molecule has 1 aromatic heterocycles. The molecule has 20 heavy (non-hydrogen) atoms. The predicted octanol–water partition coefficient (Wildman–Crippen LogP) is 2.62. The molecule has 2 rings (SSSR count). The quantitative estimate of drug-likeness (QED) is 0.919. The van der Waals surface area contributed by atoms with Crippen LogP contribution in [0.25, 0.3) is 0 Å². The maximum atomic E-state index is 11.7. The lowest BCUT2D eigenvalue weighted by Crippen LogP contribution is -2.28. The lowest BCUT2D eigenvalue weighted by Gasteiger charge is -2.08. The molecule has 1 N–H and O–H groups in total. The Bertz CT molecular complexity index is 643. The summed E-state index contributed by atoms with van der Waals surface area (Å²) in [7, 11) is 0. The molecule has 0 saturated carbocycles. The van der Waals surface area contributed by atoms with Crippen LogP contribution in [0, 0.1) is 18.3 Å². The third-order valence-electron chi connectivity index (χ3n) is 2.80. The summed E-state index contributed by atoms with van der Waals surface area (Å²) in [5.74, 6) is 0.222. The number of nitrogens with zero attached hydrogens (tertiary/aromatic N) is 1. The van der Waals surface area contributed by atoms with Crippen LogP contribution in [0.1, 0.15) is 16.7 Å². The summed E-state index contributed by atoms with van der Waals surface area (Å²) in [6.45, 7) is 2.41. The molecule has 0 atom stereocenters. The summed E-state index contributed by atoms with van der Waals surface area (Å²) < 4.78 is 5.36. The largest absolute Gasteiger partial charge is 0.482 e. The third-order valence-corrected chi connectivity index (χ3v) is 3.71. The number of thiophene rings is 1. The maximum Gasteiger partial charge on any atom is 0.258 e. The maximum absolute atomic E-state index is 11.7. The van der Waals surface area contributed by atoms with Gasteiger partial charge in [-0.25, -0.2) is 0 Å². The second-order valence-corrected chi connectivity index (χ2v) is 5.00. The first-order valence-electron chi connectivity index (χ1n) is 6.11. The molecule has 102 valence electrons. The van der Waals surface area contributed by atoms with Crippen LogP contribution in [0.4, 0.5) is 0 Å². The molecule has 0 unspecified atom stereocenters. The van der Waals surface area contributed by atoms with Gasteiger partial charge in [-0.3, -0.25) is 4.79 Å². The molecule has 1 amide bonds. The molecule has 0 aliphatic heterocycles. The number of para-hydroxylation sites is 1. The zero-order chi connectivity index (χ0) is 14.4. The third kappa shape index (κ3) is 3.59. The highest BCUT2D eigenvalue weighted by atomic mass is 32.1. The van der Waals surface area contributed by atoms with Gasteiger partial charge < -0.3 is 10.1 Å². The normalized spacial score (nSPS) is 9.80. The van der Waals surface area contributed by atoms with E-state index in [1.54, 1.807) is 35.6 Å². The van der Waals surface area contributed by atoms with Crippen molar-refractivity contribution in [3.8, 4) is 11.8 Å². The van der Waals surface area contributed by atoms with Gasteiger partial charge in [0, 0.05) is 6.54 Å². The Balaban J connectivity index is 1.84. The van der Waals surface area contributed by atoms with Crippen LogP contribution in [0.15, 0.2) is 35.0 Å². The van der Waals surface area contributed by atoms with Gasteiger partial charge in [0.1, 0.15) is 11.8 Å². The zero-order valence-electron chi connectivity index (χ0n) is 11.1. The van der Waals surface area contributed by atoms with Gasteiger partial charge in [0.15, 0.2) is 6.61 Å². The van der Waals surface area contributed by atoms with Crippen LogP contribution < -0.4 is 10.1 Å². The second kappa shape index (κ2) is 6.73. The van der Waals surface area contributed by atoms with Gasteiger partial charge in [-0.2, -0.15) is 16.6 Å². The molecule has 4 nitrogen and oxygen atoms in total. The molecule has 0 spiro atoms. The van der Waals surface area contributed by atoms with E-state index in [9.17, 15) is 4.79 Å². The minimum absolute atomic E-state index is 0.0954. The number of amides is 1. The summed E-state index contributed by atoms with van der Waals surface area (Å²) in [4.78, 5) is 11.7. The van der Waals surface area contributed by atoms with E-state index >= 15 is 0 Å². The number of carbonyl (C=O) groups is 1. The first kappa shape index (κ1) is 14.1. The van der Waals surface area contributed by atoms with E-state index in [1.165, 1.54) is 5.56 Å². The van der Waals surface area contributed by atoms with Crippen molar-refractivity contribution in [2.75, 3.05) is 6.61 Å². The Morgan fingerprint density at radius 1 is 1.40 bits per heavy atom. The minimum Gasteiger partial charge on any atom is -0.482 e. The minimum atomic E-state index is -0.205. The fourth-order valence-electron chi connectivity index (χ4n) is 1.64. The molecule has 0 aliphatic rings. The number of hydrogen-bond acceptors (Lipinski definition) is 4. The van der Waals surface area contributed by atoms with Gasteiger partial charge in [-0.05, 0) is 40.9 Å². The topological polar surface area (TPSA) is 62.1 Å². The predicted molar refractivity (Wildman–Crippen MR) is 77.6 cm³/mol. The highest BCUT2D eigenvalue weighted by molar-refractivity contribution is 7.08. The molecule has 0 aliphatic carbocycles. The van der Waals surface area contributed by atoms with Crippen molar-refractivity contribution in [1.29, 1.82) is 5.26 Å². The first-order chi connectivity index (χ1) is 9.70. The lowest BCUT2D eigenvalue weighted by molar-refractivity contribution is -0.123. The van der Waals surface area contributed by atoms with Gasteiger partial charge in [0.25, 0.3) is 5.91 Å². The fourth-order valence-corrected chi connectivity index (χ4v) is 2.50. The van der Waals surface area contributed by atoms with Crippen molar-refractivity contribution in [2.45, 2.75) is 13.5 Å². The summed E-state index contributed by atoms with van der Waals surface area (Å²) in [6, 6.07) is 8.88. The number of benzene rings is 1. The monoisotopic (exact) mass is 286 g/mol. The molecule has 0 bridgehead atoms. The summed E-state index contributed by atoms with van der Waals surface area (Å²) in [5.41, 5.74) is 2.71. The van der Waals surface area contributed by atoms with Crippen LogP contribution in [0.3, 0.4) is 0 Å². The summed E-state index contributed by atoms with van der Waals surface area (Å²) in [5, 5.41) is 15.8. The molecule has 0 fully saturated rings. The highest BCUT2D eigenvalue weighted by Crippen LogP contribution is 2.16. The van der Waals surface area contributed by atoms with Gasteiger partial charge >= 0.3 is 0 Å². The average Bonchev–Trinajstić information content (AvgIpc) is 2.88. The van der Waals surface area contributed by atoms with Crippen molar-refractivity contribution >= 4 is 17.2 Å². The molecule has 1 heterocycles. The molecule has 5 heteroatoms. The van der Waals surface area contributed by atoms with Gasteiger partial charge in [0.05, 0.1) is 5.56 Å². The second-order valence-electron chi connectivity index (χ2n) is 4.25. The van der Waals surface area contributed by atoms with Crippen LogP contribution in [0.2, 0.25) is 0 Å². The first-order valence-corrected chi connectivity index (χ1v) is 7.05. The Morgan fingerprint density at radius 2 is 2.20 bits per heavy atom. The smallest absolute Gasteiger partial charge is 0.258 e. The lowest BCUT2D eigenvalue weighted by atomic mass is 10.2. The number of aryl methyl sites for hydroxylation is 1. The van der Waals surface area contributed by atoms with E-state index in [0.717, 1.165) is 5.56 Å². The molecule has 0 saturated heterocycles. The van der Waals surface area contributed by atoms with E-state index in [0.29, 0.717) is 17.9 Å². The Morgan fingerprint density at radius 3 is 2.90 bits per heavy atom. The molecular formula is C15H14N2O2S. The number of ether oxygens (including phenoxy) is 1. The number of nitrogens with one attached hydrogen (secondary N) is 1. The Kier molecular flexibility index (Phi) is 4.75. The number of rotatable bonds is 5. The zero-order valence-corrected chi connectivity index (χ0v) is 11.9. The molecule has 1 aromatic carbocycles. The van der Waals surface area contributed by atoms with Gasteiger partial charge in [-0.1, -0.05) is 12.1 Å². The van der Waals surface area contributed by atoms with Gasteiger partial charge in [-0.15, -0.1) is 0 Å². The molecule has 0 radical (unpaired) electrons. The van der Waals surface area contributed by atoms with Crippen molar-refractivity contribution in [1.82, 2.24) is 5.32 Å². The number of carbonyl (C=O) groups excluding carboxylic acids is 1. The Labute approximate surface area is 121 Å². The molecule has 2 aromatic rings. The van der Waals surface area contributed by atoms with Gasteiger partial charge in [0.2, 0.25) is 0 Å². The number of nitriles is 1.